The number of nitrogens with two attached hydrogens (primary N) is 1. The maximum absolute atomic E-state index is 12.1. The van der Waals surface area contributed by atoms with E-state index in [4.69, 9.17) is 5.73 Å². The van der Waals surface area contributed by atoms with Crippen LogP contribution < -0.4 is 11.1 Å². The molecule has 2 aromatic heterocycles. The Morgan fingerprint density at radius 2 is 2.09 bits per heavy atom. The summed E-state index contributed by atoms with van der Waals surface area (Å²) in [5, 5.41) is 12.8. The lowest BCUT2D eigenvalue weighted by Crippen LogP contribution is -2.15. The molecule has 1 amide bonds. The summed E-state index contributed by atoms with van der Waals surface area (Å²) in [7, 11) is 0. The summed E-state index contributed by atoms with van der Waals surface area (Å²) >= 11 is 1.49. The molecular formula is C16H21N5OS. The van der Waals surface area contributed by atoms with Gasteiger partial charge < -0.3 is 11.1 Å². The van der Waals surface area contributed by atoms with Crippen LogP contribution in [0.15, 0.2) is 18.3 Å². The first kappa shape index (κ1) is 16.0. The van der Waals surface area contributed by atoms with E-state index in [2.05, 4.69) is 20.5 Å². The number of anilines is 1. The maximum atomic E-state index is 12.1. The molecular weight excluding hydrogens is 310 g/mol. The van der Waals surface area contributed by atoms with Crippen LogP contribution in [0.5, 0.6) is 0 Å². The number of hydrogen-bond donors (Lipinski definition) is 2. The number of pyridine rings is 1. The summed E-state index contributed by atoms with van der Waals surface area (Å²) in [5.74, 6) is 0.390. The van der Waals surface area contributed by atoms with Gasteiger partial charge in [0.1, 0.15) is 5.01 Å². The average Bonchev–Trinajstić information content (AvgIpc) is 3.04. The van der Waals surface area contributed by atoms with Crippen molar-refractivity contribution in [2.24, 2.45) is 5.73 Å². The van der Waals surface area contributed by atoms with Gasteiger partial charge in [-0.15, -0.1) is 10.2 Å². The molecule has 0 radical (unpaired) electrons. The zero-order valence-electron chi connectivity index (χ0n) is 13.0. The highest BCUT2D eigenvalue weighted by atomic mass is 32.1. The van der Waals surface area contributed by atoms with Crippen LogP contribution >= 0.6 is 11.3 Å². The van der Waals surface area contributed by atoms with E-state index in [1.807, 2.05) is 12.1 Å². The molecule has 3 N–H and O–H groups in total. The predicted octanol–water partition coefficient (Wildman–Crippen LogP) is 2.62. The number of rotatable bonds is 5. The number of aromatic nitrogens is 3. The zero-order valence-corrected chi connectivity index (χ0v) is 13.8. The molecule has 1 aliphatic carbocycles. The summed E-state index contributed by atoms with van der Waals surface area (Å²) in [5.41, 5.74) is 7.21. The summed E-state index contributed by atoms with van der Waals surface area (Å²) in [4.78, 5) is 16.3. The predicted molar refractivity (Wildman–Crippen MR) is 90.2 cm³/mol. The number of amides is 1. The Morgan fingerprint density at radius 3 is 2.78 bits per heavy atom. The molecule has 0 unspecified atom stereocenters. The molecule has 3 rings (SSSR count). The van der Waals surface area contributed by atoms with Crippen molar-refractivity contribution in [1.82, 2.24) is 15.2 Å². The Hall–Kier alpha value is -1.86. The van der Waals surface area contributed by atoms with E-state index in [0.29, 0.717) is 17.6 Å². The van der Waals surface area contributed by atoms with Crippen LogP contribution in [0.4, 0.5) is 5.13 Å². The van der Waals surface area contributed by atoms with Crippen molar-refractivity contribution in [3.8, 4) is 0 Å². The van der Waals surface area contributed by atoms with Gasteiger partial charge in [-0.1, -0.05) is 36.7 Å². The minimum Gasteiger partial charge on any atom is -0.326 e. The first-order valence-electron chi connectivity index (χ1n) is 8.01. The summed E-state index contributed by atoms with van der Waals surface area (Å²) in [6, 6.07) is 3.72. The normalized spacial score (nSPS) is 15.5. The molecule has 0 aliphatic heterocycles. The number of hydrogen-bond acceptors (Lipinski definition) is 6. The molecule has 0 spiro atoms. The Kier molecular flexibility index (Phi) is 5.30. The third kappa shape index (κ3) is 4.33. The molecule has 7 heteroatoms. The lowest BCUT2D eigenvalue weighted by Gasteiger charge is -2.18. The molecule has 122 valence electrons. The highest BCUT2D eigenvalue weighted by molar-refractivity contribution is 7.15. The van der Waals surface area contributed by atoms with Crippen molar-refractivity contribution in [2.45, 2.75) is 51.0 Å². The fourth-order valence-electron chi connectivity index (χ4n) is 2.81. The molecule has 2 heterocycles. The molecule has 0 bridgehead atoms. The first-order valence-corrected chi connectivity index (χ1v) is 8.83. The standard InChI is InChI=1S/C16H21N5OS/c17-9-11-6-7-13(18-10-11)8-14(22)19-16-21-20-15(23-16)12-4-2-1-3-5-12/h6-7,10,12H,1-5,8-9,17H2,(H,19,21,22). The highest BCUT2D eigenvalue weighted by Crippen LogP contribution is 2.35. The van der Waals surface area contributed by atoms with Crippen LogP contribution in [0.25, 0.3) is 0 Å². The van der Waals surface area contributed by atoms with Crippen LogP contribution in [0.1, 0.15) is 54.3 Å². The van der Waals surface area contributed by atoms with Crippen molar-refractivity contribution in [3.05, 3.63) is 34.6 Å². The largest absolute Gasteiger partial charge is 0.326 e. The Bertz CT molecular complexity index is 649. The van der Waals surface area contributed by atoms with Gasteiger partial charge in [-0.2, -0.15) is 0 Å². The molecule has 1 saturated carbocycles. The number of nitrogens with one attached hydrogen (secondary N) is 1. The van der Waals surface area contributed by atoms with Gasteiger partial charge in [0.15, 0.2) is 0 Å². The van der Waals surface area contributed by atoms with E-state index in [1.54, 1.807) is 6.20 Å². The van der Waals surface area contributed by atoms with Crippen LogP contribution in [0.2, 0.25) is 0 Å². The topological polar surface area (TPSA) is 93.8 Å². The van der Waals surface area contributed by atoms with Gasteiger partial charge in [0.05, 0.1) is 6.42 Å². The van der Waals surface area contributed by atoms with E-state index < -0.39 is 0 Å². The van der Waals surface area contributed by atoms with E-state index in [1.165, 1.54) is 43.4 Å². The summed E-state index contributed by atoms with van der Waals surface area (Å²) in [6.45, 7) is 0.453. The van der Waals surface area contributed by atoms with E-state index in [9.17, 15) is 4.79 Å². The van der Waals surface area contributed by atoms with Gasteiger partial charge in [0.25, 0.3) is 0 Å². The van der Waals surface area contributed by atoms with Crippen molar-refractivity contribution in [3.63, 3.8) is 0 Å². The third-order valence-electron chi connectivity index (χ3n) is 4.10. The fraction of sp³-hybridized carbons (Fsp3) is 0.500. The summed E-state index contributed by atoms with van der Waals surface area (Å²) in [6.07, 6.45) is 8.12. The van der Waals surface area contributed by atoms with Gasteiger partial charge in [-0.05, 0) is 24.5 Å². The lowest BCUT2D eigenvalue weighted by molar-refractivity contribution is -0.115. The Balaban J connectivity index is 1.55. The molecule has 6 nitrogen and oxygen atoms in total. The number of carbonyl (C=O) groups excluding carboxylic acids is 1. The van der Waals surface area contributed by atoms with Crippen LogP contribution in [-0.2, 0) is 17.8 Å². The second-order valence-corrected chi connectivity index (χ2v) is 6.88. The van der Waals surface area contributed by atoms with Gasteiger partial charge in [-0.25, -0.2) is 0 Å². The quantitative estimate of drug-likeness (QED) is 0.878. The minimum absolute atomic E-state index is 0.121. The van der Waals surface area contributed by atoms with E-state index in [-0.39, 0.29) is 12.3 Å². The van der Waals surface area contributed by atoms with Gasteiger partial charge in [0.2, 0.25) is 11.0 Å². The van der Waals surface area contributed by atoms with Gasteiger partial charge >= 0.3 is 0 Å². The molecule has 23 heavy (non-hydrogen) atoms. The molecule has 0 aromatic carbocycles. The maximum Gasteiger partial charge on any atom is 0.232 e. The van der Waals surface area contributed by atoms with Gasteiger partial charge in [0, 0.05) is 24.4 Å². The van der Waals surface area contributed by atoms with E-state index >= 15 is 0 Å². The lowest BCUT2D eigenvalue weighted by atomic mass is 9.90. The highest BCUT2D eigenvalue weighted by Gasteiger charge is 2.20. The third-order valence-corrected chi connectivity index (χ3v) is 5.11. The van der Waals surface area contributed by atoms with Crippen molar-refractivity contribution in [2.75, 3.05) is 5.32 Å². The van der Waals surface area contributed by atoms with Crippen molar-refractivity contribution < 1.29 is 4.79 Å². The minimum atomic E-state index is -0.121. The first-order chi connectivity index (χ1) is 11.2. The van der Waals surface area contributed by atoms with Gasteiger partial charge in [-0.3, -0.25) is 9.78 Å². The second kappa shape index (κ2) is 7.61. The van der Waals surface area contributed by atoms with Crippen LogP contribution in [0.3, 0.4) is 0 Å². The van der Waals surface area contributed by atoms with E-state index in [0.717, 1.165) is 16.3 Å². The SMILES string of the molecule is NCc1ccc(CC(=O)Nc2nnc(C3CCCCC3)s2)nc1. The monoisotopic (exact) mass is 331 g/mol. The average molecular weight is 331 g/mol. The van der Waals surface area contributed by atoms with Crippen molar-refractivity contribution >= 4 is 22.4 Å². The zero-order chi connectivity index (χ0) is 16.1. The number of nitrogens with zero attached hydrogens (tertiary/aromatic N) is 3. The fourth-order valence-corrected chi connectivity index (χ4v) is 3.74. The van der Waals surface area contributed by atoms with Crippen LogP contribution in [-0.4, -0.2) is 21.1 Å². The second-order valence-electron chi connectivity index (χ2n) is 5.87. The molecule has 2 aromatic rings. The Morgan fingerprint density at radius 1 is 1.26 bits per heavy atom. The van der Waals surface area contributed by atoms with Crippen molar-refractivity contribution in [1.29, 1.82) is 0 Å². The number of carbonyl (C=O) groups is 1. The molecule has 1 fully saturated rings. The Labute approximate surface area is 139 Å². The molecule has 0 atom stereocenters. The smallest absolute Gasteiger partial charge is 0.232 e. The molecule has 1 aliphatic rings. The van der Waals surface area contributed by atoms with Crippen LogP contribution in [0, 0.1) is 0 Å². The summed E-state index contributed by atoms with van der Waals surface area (Å²) < 4.78 is 0. The molecule has 0 saturated heterocycles.